The molecule has 2 heterocycles. The molecule has 1 aromatic rings. The number of hydrogen-bond acceptors (Lipinski definition) is 3. The Labute approximate surface area is 83.5 Å². The molecule has 1 saturated heterocycles. The highest BCUT2D eigenvalue weighted by Gasteiger charge is 2.11. The number of hydrogen-bond donors (Lipinski definition) is 0. The van der Waals surface area contributed by atoms with E-state index in [0.29, 0.717) is 0 Å². The molecule has 0 unspecified atom stereocenters. The summed E-state index contributed by atoms with van der Waals surface area (Å²) in [4.78, 5) is 4.10. The second kappa shape index (κ2) is 4.63. The summed E-state index contributed by atoms with van der Waals surface area (Å²) in [5.74, 6) is 1.06. The van der Waals surface area contributed by atoms with E-state index in [-0.39, 0.29) is 0 Å². The fourth-order valence-electron chi connectivity index (χ4n) is 1.47. The van der Waals surface area contributed by atoms with E-state index in [0.717, 1.165) is 5.75 Å². The van der Waals surface area contributed by atoms with Gasteiger partial charge in [0.2, 0.25) is 0 Å². The summed E-state index contributed by atoms with van der Waals surface area (Å²) in [6.45, 7) is 2.51. The fourth-order valence-corrected chi connectivity index (χ4v) is 2.49. The second-order valence-electron chi connectivity index (χ2n) is 3.27. The van der Waals surface area contributed by atoms with Gasteiger partial charge in [0, 0.05) is 31.2 Å². The highest BCUT2D eigenvalue weighted by molar-refractivity contribution is 7.96. The average molecular weight is 194 g/mol. The first kappa shape index (κ1) is 9.03. The Morgan fingerprint density at radius 1 is 1.38 bits per heavy atom. The van der Waals surface area contributed by atoms with Crippen LogP contribution in [0.4, 0.5) is 0 Å². The van der Waals surface area contributed by atoms with E-state index >= 15 is 0 Å². The van der Waals surface area contributed by atoms with Gasteiger partial charge in [-0.2, -0.15) is 0 Å². The van der Waals surface area contributed by atoms with Gasteiger partial charge < -0.3 is 0 Å². The Bertz CT molecular complexity index is 244. The Hall–Kier alpha value is -0.540. The first-order valence-electron chi connectivity index (χ1n) is 4.72. The molecular weight excluding hydrogens is 180 g/mol. The molecule has 1 aromatic heterocycles. The normalized spacial score (nSPS) is 17.8. The van der Waals surface area contributed by atoms with Crippen LogP contribution in [0.15, 0.2) is 24.5 Å². The van der Waals surface area contributed by atoms with E-state index in [1.54, 1.807) is 0 Å². The lowest BCUT2D eigenvalue weighted by Gasteiger charge is -2.12. The summed E-state index contributed by atoms with van der Waals surface area (Å²) in [5.41, 5.74) is 1.32. The molecule has 1 aliphatic rings. The number of pyridine rings is 1. The van der Waals surface area contributed by atoms with Crippen molar-refractivity contribution < 1.29 is 0 Å². The zero-order valence-corrected chi connectivity index (χ0v) is 8.46. The number of nitrogens with zero attached hydrogens (tertiary/aromatic N) is 2. The van der Waals surface area contributed by atoms with Gasteiger partial charge in [0.1, 0.15) is 0 Å². The van der Waals surface area contributed by atoms with Crippen LogP contribution in [0.3, 0.4) is 0 Å². The van der Waals surface area contributed by atoms with E-state index in [1.807, 2.05) is 30.4 Å². The predicted octanol–water partition coefficient (Wildman–Crippen LogP) is 2.33. The zero-order valence-electron chi connectivity index (χ0n) is 7.65. The Morgan fingerprint density at radius 2 is 2.23 bits per heavy atom. The van der Waals surface area contributed by atoms with Crippen LogP contribution >= 0.6 is 11.9 Å². The summed E-state index contributed by atoms with van der Waals surface area (Å²) in [6.07, 6.45) is 6.49. The minimum Gasteiger partial charge on any atom is -0.264 e. The minimum atomic E-state index is 1.06. The lowest BCUT2D eigenvalue weighted by Crippen LogP contribution is -2.09. The molecule has 0 atom stereocenters. The third-order valence-electron chi connectivity index (χ3n) is 2.20. The van der Waals surface area contributed by atoms with Crippen LogP contribution in [0.2, 0.25) is 0 Å². The first-order valence-corrected chi connectivity index (χ1v) is 5.66. The molecule has 0 aliphatic carbocycles. The van der Waals surface area contributed by atoms with Gasteiger partial charge in [-0.25, -0.2) is 0 Å². The highest BCUT2D eigenvalue weighted by Crippen LogP contribution is 2.21. The molecule has 70 valence electrons. The van der Waals surface area contributed by atoms with Crippen LogP contribution in [0, 0.1) is 0 Å². The maximum Gasteiger partial charge on any atom is 0.0347 e. The van der Waals surface area contributed by atoms with Gasteiger partial charge >= 0.3 is 0 Å². The smallest absolute Gasteiger partial charge is 0.0347 e. The van der Waals surface area contributed by atoms with Crippen LogP contribution in [-0.4, -0.2) is 22.4 Å². The van der Waals surface area contributed by atoms with Crippen LogP contribution in [0.1, 0.15) is 18.4 Å². The maximum absolute atomic E-state index is 4.10. The summed E-state index contributed by atoms with van der Waals surface area (Å²) < 4.78 is 2.45. The van der Waals surface area contributed by atoms with Crippen LogP contribution in [0.5, 0.6) is 0 Å². The summed E-state index contributed by atoms with van der Waals surface area (Å²) in [5, 5.41) is 0. The van der Waals surface area contributed by atoms with Gasteiger partial charge in [0.25, 0.3) is 0 Å². The first-order chi connectivity index (χ1) is 6.45. The molecule has 2 nitrogen and oxygen atoms in total. The standard InChI is InChI=1S/C10H14N2S/c1-2-7-12(6-1)13-9-10-4-3-5-11-8-10/h3-5,8H,1-2,6-7,9H2. The molecule has 3 heteroatoms. The van der Waals surface area contributed by atoms with Gasteiger partial charge in [-0.3, -0.25) is 9.29 Å². The highest BCUT2D eigenvalue weighted by atomic mass is 32.2. The average Bonchev–Trinajstić information content (AvgIpc) is 2.69. The quantitative estimate of drug-likeness (QED) is 0.687. The SMILES string of the molecule is c1cncc(CSN2CCCC2)c1. The van der Waals surface area contributed by atoms with Gasteiger partial charge in [0.05, 0.1) is 0 Å². The molecule has 0 spiro atoms. The molecular formula is C10H14N2S. The van der Waals surface area contributed by atoms with Crippen molar-refractivity contribution in [1.29, 1.82) is 0 Å². The zero-order chi connectivity index (χ0) is 8.93. The molecule has 13 heavy (non-hydrogen) atoms. The van der Waals surface area contributed by atoms with Crippen molar-refractivity contribution >= 4 is 11.9 Å². The molecule has 1 fully saturated rings. The molecule has 0 N–H and O–H groups in total. The lowest BCUT2D eigenvalue weighted by atomic mass is 10.3. The van der Waals surface area contributed by atoms with Gasteiger partial charge in [-0.05, 0) is 24.5 Å². The third kappa shape index (κ3) is 2.71. The van der Waals surface area contributed by atoms with Crippen LogP contribution in [0.25, 0.3) is 0 Å². The van der Waals surface area contributed by atoms with E-state index in [4.69, 9.17) is 0 Å². The number of rotatable bonds is 3. The van der Waals surface area contributed by atoms with Crippen molar-refractivity contribution in [2.24, 2.45) is 0 Å². The minimum absolute atomic E-state index is 1.06. The topological polar surface area (TPSA) is 16.1 Å². The largest absolute Gasteiger partial charge is 0.264 e. The van der Waals surface area contributed by atoms with E-state index in [9.17, 15) is 0 Å². The lowest BCUT2D eigenvalue weighted by molar-refractivity contribution is 0.586. The summed E-state index contributed by atoms with van der Waals surface area (Å²) >= 11 is 1.93. The van der Waals surface area contributed by atoms with Crippen molar-refractivity contribution in [3.8, 4) is 0 Å². The van der Waals surface area contributed by atoms with Crippen LogP contribution in [-0.2, 0) is 5.75 Å². The maximum atomic E-state index is 4.10. The summed E-state index contributed by atoms with van der Waals surface area (Å²) in [6, 6.07) is 4.13. The van der Waals surface area contributed by atoms with Gasteiger partial charge in [0.15, 0.2) is 0 Å². The Morgan fingerprint density at radius 3 is 2.92 bits per heavy atom. The fraction of sp³-hybridized carbons (Fsp3) is 0.500. The van der Waals surface area contributed by atoms with Crippen molar-refractivity contribution in [3.63, 3.8) is 0 Å². The van der Waals surface area contributed by atoms with E-state index in [2.05, 4.69) is 15.4 Å². The second-order valence-corrected chi connectivity index (χ2v) is 4.33. The molecule has 0 radical (unpaired) electrons. The van der Waals surface area contributed by atoms with Gasteiger partial charge in [-0.15, -0.1) is 0 Å². The van der Waals surface area contributed by atoms with E-state index in [1.165, 1.54) is 31.5 Å². The van der Waals surface area contributed by atoms with Crippen molar-refractivity contribution in [2.75, 3.05) is 13.1 Å². The molecule has 0 saturated carbocycles. The Balaban J connectivity index is 1.79. The predicted molar refractivity (Wildman–Crippen MR) is 56.3 cm³/mol. The molecule has 1 aliphatic heterocycles. The van der Waals surface area contributed by atoms with Crippen molar-refractivity contribution in [2.45, 2.75) is 18.6 Å². The monoisotopic (exact) mass is 194 g/mol. The molecule has 0 bridgehead atoms. The molecule has 2 rings (SSSR count). The van der Waals surface area contributed by atoms with E-state index < -0.39 is 0 Å². The van der Waals surface area contributed by atoms with Crippen molar-refractivity contribution in [1.82, 2.24) is 9.29 Å². The van der Waals surface area contributed by atoms with Gasteiger partial charge in [-0.1, -0.05) is 18.0 Å². The molecule has 0 amide bonds. The Kier molecular flexibility index (Phi) is 3.22. The van der Waals surface area contributed by atoms with Crippen molar-refractivity contribution in [3.05, 3.63) is 30.1 Å². The number of aromatic nitrogens is 1. The molecule has 0 aromatic carbocycles. The van der Waals surface area contributed by atoms with Crippen LogP contribution < -0.4 is 0 Å². The third-order valence-corrected chi connectivity index (χ3v) is 3.39. The summed E-state index contributed by atoms with van der Waals surface area (Å²) in [7, 11) is 0.